The molecule has 1 fully saturated rings. The number of nitrogens with zero attached hydrogens (tertiary/aromatic N) is 3. The molecule has 1 aliphatic rings. The summed E-state index contributed by atoms with van der Waals surface area (Å²) in [7, 11) is 1.76. The Hall–Kier alpha value is -1.20. The van der Waals surface area contributed by atoms with Crippen LogP contribution in [0.3, 0.4) is 0 Å². The van der Waals surface area contributed by atoms with E-state index in [1.807, 2.05) is 0 Å². The zero-order valence-corrected chi connectivity index (χ0v) is 11.2. The van der Waals surface area contributed by atoms with E-state index < -0.39 is 0 Å². The molecule has 0 unspecified atom stereocenters. The van der Waals surface area contributed by atoms with Crippen LogP contribution in [0.2, 0.25) is 0 Å². The lowest BCUT2D eigenvalue weighted by Crippen LogP contribution is -2.25. The summed E-state index contributed by atoms with van der Waals surface area (Å²) in [6, 6.07) is 0. The second-order valence-corrected chi connectivity index (χ2v) is 5.14. The third kappa shape index (κ3) is 2.62. The first kappa shape index (κ1) is 13.2. The minimum Gasteiger partial charge on any atom is -0.392 e. The standard InChI is InChI=1S/C13H21N3O2/c1-9(2)11-6-16(7-12(11)18-3)13-14-4-10(8-17)5-15-13/h4-5,9,11-12,17H,6-8H2,1-3H3/t11-,12+/m0/s1. The fraction of sp³-hybridized carbons (Fsp3) is 0.692. The summed E-state index contributed by atoms with van der Waals surface area (Å²) in [6.07, 6.45) is 3.59. The van der Waals surface area contributed by atoms with Gasteiger partial charge >= 0.3 is 0 Å². The van der Waals surface area contributed by atoms with Crippen molar-refractivity contribution in [2.75, 3.05) is 25.1 Å². The maximum absolute atomic E-state index is 8.98. The molecule has 0 aromatic carbocycles. The molecule has 0 spiro atoms. The van der Waals surface area contributed by atoms with E-state index in [2.05, 4.69) is 28.7 Å². The summed E-state index contributed by atoms with van der Waals surface area (Å²) in [5.74, 6) is 1.81. The molecule has 0 aliphatic carbocycles. The van der Waals surface area contributed by atoms with Crippen LogP contribution in [-0.2, 0) is 11.3 Å². The van der Waals surface area contributed by atoms with Gasteiger partial charge in [-0.05, 0) is 5.92 Å². The van der Waals surface area contributed by atoms with Crippen molar-refractivity contribution in [2.45, 2.75) is 26.6 Å². The zero-order valence-electron chi connectivity index (χ0n) is 11.2. The molecule has 0 saturated carbocycles. The van der Waals surface area contributed by atoms with Gasteiger partial charge in [-0.2, -0.15) is 0 Å². The molecule has 18 heavy (non-hydrogen) atoms. The predicted octanol–water partition coefficient (Wildman–Crippen LogP) is 1.08. The van der Waals surface area contributed by atoms with E-state index in [1.165, 1.54) is 0 Å². The van der Waals surface area contributed by atoms with Crippen molar-refractivity contribution < 1.29 is 9.84 Å². The number of rotatable bonds is 4. The molecule has 2 rings (SSSR count). The topological polar surface area (TPSA) is 58.5 Å². The highest BCUT2D eigenvalue weighted by Gasteiger charge is 2.35. The van der Waals surface area contributed by atoms with E-state index in [4.69, 9.17) is 9.84 Å². The van der Waals surface area contributed by atoms with Crippen LogP contribution in [0.1, 0.15) is 19.4 Å². The third-order valence-corrected chi connectivity index (χ3v) is 3.63. The van der Waals surface area contributed by atoms with Gasteiger partial charge in [0.1, 0.15) is 0 Å². The molecule has 1 aromatic heterocycles. The summed E-state index contributed by atoms with van der Waals surface area (Å²) in [5.41, 5.74) is 0.738. The number of aromatic nitrogens is 2. The smallest absolute Gasteiger partial charge is 0.225 e. The average molecular weight is 251 g/mol. The predicted molar refractivity (Wildman–Crippen MR) is 69.3 cm³/mol. The molecule has 0 bridgehead atoms. The van der Waals surface area contributed by atoms with Crippen LogP contribution < -0.4 is 4.90 Å². The lowest BCUT2D eigenvalue weighted by molar-refractivity contribution is 0.0668. The molecule has 2 heterocycles. The number of hydrogen-bond acceptors (Lipinski definition) is 5. The van der Waals surface area contributed by atoms with Gasteiger partial charge in [0.15, 0.2) is 0 Å². The van der Waals surface area contributed by atoms with Crippen molar-refractivity contribution in [3.8, 4) is 0 Å². The van der Waals surface area contributed by atoms with Gasteiger partial charge in [0.2, 0.25) is 5.95 Å². The molecule has 1 aliphatic heterocycles. The molecule has 0 radical (unpaired) electrons. The lowest BCUT2D eigenvalue weighted by atomic mass is 9.93. The van der Waals surface area contributed by atoms with E-state index in [0.717, 1.165) is 24.6 Å². The van der Waals surface area contributed by atoms with Crippen molar-refractivity contribution in [1.29, 1.82) is 0 Å². The molecule has 100 valence electrons. The Bertz CT molecular complexity index is 380. The number of methoxy groups -OCH3 is 1. The fourth-order valence-corrected chi connectivity index (χ4v) is 2.44. The number of anilines is 1. The third-order valence-electron chi connectivity index (χ3n) is 3.63. The molecule has 0 amide bonds. The Morgan fingerprint density at radius 1 is 1.39 bits per heavy atom. The van der Waals surface area contributed by atoms with Crippen molar-refractivity contribution in [2.24, 2.45) is 11.8 Å². The van der Waals surface area contributed by atoms with E-state index in [-0.39, 0.29) is 12.7 Å². The average Bonchev–Trinajstić information content (AvgIpc) is 2.83. The van der Waals surface area contributed by atoms with E-state index in [9.17, 15) is 0 Å². The molecule has 1 aromatic rings. The van der Waals surface area contributed by atoms with E-state index in [0.29, 0.717) is 11.8 Å². The van der Waals surface area contributed by atoms with Gasteiger partial charge in [0.05, 0.1) is 12.7 Å². The van der Waals surface area contributed by atoms with Crippen LogP contribution in [0.25, 0.3) is 0 Å². The van der Waals surface area contributed by atoms with Gasteiger partial charge in [-0.25, -0.2) is 9.97 Å². The number of hydrogen-bond donors (Lipinski definition) is 1. The molecular weight excluding hydrogens is 230 g/mol. The Kier molecular flexibility index (Phi) is 4.14. The summed E-state index contributed by atoms with van der Waals surface area (Å²) >= 11 is 0. The highest BCUT2D eigenvalue weighted by atomic mass is 16.5. The largest absolute Gasteiger partial charge is 0.392 e. The second kappa shape index (κ2) is 5.63. The quantitative estimate of drug-likeness (QED) is 0.867. The first-order chi connectivity index (χ1) is 8.65. The SMILES string of the molecule is CO[C@@H]1CN(c2ncc(CO)cn2)C[C@H]1C(C)C. The number of ether oxygens (including phenoxy) is 1. The van der Waals surface area contributed by atoms with Crippen LogP contribution in [0.4, 0.5) is 5.95 Å². The number of aliphatic hydroxyl groups is 1. The molecule has 1 N–H and O–H groups in total. The highest BCUT2D eigenvalue weighted by Crippen LogP contribution is 2.28. The van der Waals surface area contributed by atoms with Crippen LogP contribution >= 0.6 is 0 Å². The minimum atomic E-state index is -0.0183. The van der Waals surface area contributed by atoms with Crippen LogP contribution in [0, 0.1) is 11.8 Å². The molecular formula is C13H21N3O2. The summed E-state index contributed by atoms with van der Waals surface area (Å²) in [5, 5.41) is 8.98. The first-order valence-electron chi connectivity index (χ1n) is 6.35. The van der Waals surface area contributed by atoms with Gasteiger partial charge in [-0.1, -0.05) is 13.8 Å². The van der Waals surface area contributed by atoms with Crippen molar-refractivity contribution >= 4 is 5.95 Å². The molecule has 5 heteroatoms. The maximum Gasteiger partial charge on any atom is 0.225 e. The monoisotopic (exact) mass is 251 g/mol. The summed E-state index contributed by atoms with van der Waals surface area (Å²) in [6.45, 7) is 6.17. The van der Waals surface area contributed by atoms with Crippen molar-refractivity contribution in [3.05, 3.63) is 18.0 Å². The van der Waals surface area contributed by atoms with Gasteiger partial charge < -0.3 is 14.7 Å². The maximum atomic E-state index is 8.98. The molecule has 2 atom stereocenters. The number of aliphatic hydroxyl groups excluding tert-OH is 1. The second-order valence-electron chi connectivity index (χ2n) is 5.14. The van der Waals surface area contributed by atoms with Gasteiger partial charge in [-0.15, -0.1) is 0 Å². The summed E-state index contributed by atoms with van der Waals surface area (Å²) < 4.78 is 5.54. The Morgan fingerprint density at radius 3 is 2.50 bits per heavy atom. The fourth-order valence-electron chi connectivity index (χ4n) is 2.44. The summed E-state index contributed by atoms with van der Waals surface area (Å²) in [4.78, 5) is 10.7. The van der Waals surface area contributed by atoms with Gasteiger partial charge in [0.25, 0.3) is 0 Å². The minimum absolute atomic E-state index is 0.0183. The van der Waals surface area contributed by atoms with Crippen molar-refractivity contribution in [3.63, 3.8) is 0 Å². The van der Waals surface area contributed by atoms with Crippen LogP contribution in [0.5, 0.6) is 0 Å². The van der Waals surface area contributed by atoms with E-state index in [1.54, 1.807) is 19.5 Å². The lowest BCUT2D eigenvalue weighted by Gasteiger charge is -2.19. The Morgan fingerprint density at radius 2 is 2.06 bits per heavy atom. The zero-order chi connectivity index (χ0) is 13.1. The Balaban J connectivity index is 2.10. The van der Waals surface area contributed by atoms with Crippen molar-refractivity contribution in [1.82, 2.24) is 9.97 Å². The van der Waals surface area contributed by atoms with Crippen LogP contribution in [-0.4, -0.2) is 41.4 Å². The first-order valence-corrected chi connectivity index (χ1v) is 6.35. The van der Waals surface area contributed by atoms with Crippen LogP contribution in [0.15, 0.2) is 12.4 Å². The normalized spacial score (nSPS) is 23.9. The Labute approximate surface area is 108 Å². The van der Waals surface area contributed by atoms with Gasteiger partial charge in [-0.3, -0.25) is 0 Å². The molecule has 1 saturated heterocycles. The molecule has 5 nitrogen and oxygen atoms in total. The highest BCUT2D eigenvalue weighted by molar-refractivity contribution is 5.32. The van der Waals surface area contributed by atoms with Gasteiger partial charge in [0, 0.05) is 44.1 Å². The van der Waals surface area contributed by atoms with E-state index >= 15 is 0 Å².